The number of aryl methyl sites for hydroxylation is 1. The van der Waals surface area contributed by atoms with Crippen molar-refractivity contribution in [3.05, 3.63) is 30.4 Å². The fourth-order valence-electron chi connectivity index (χ4n) is 0.864. The molecule has 0 unspecified atom stereocenters. The van der Waals surface area contributed by atoms with Crippen LogP contribution in [0.4, 0.5) is 0 Å². The minimum atomic E-state index is -0.923. The van der Waals surface area contributed by atoms with Crippen LogP contribution in [0.3, 0.4) is 0 Å². The Morgan fingerprint density at radius 2 is 2.58 bits per heavy atom. The lowest BCUT2D eigenvalue weighted by molar-refractivity contribution is -0.131. The van der Waals surface area contributed by atoms with Gasteiger partial charge in [-0.3, -0.25) is 0 Å². The van der Waals surface area contributed by atoms with Gasteiger partial charge < -0.3 is 9.67 Å². The van der Waals surface area contributed by atoms with Gasteiger partial charge in [-0.25, -0.2) is 9.78 Å². The Kier molecular flexibility index (Phi) is 2.63. The second kappa shape index (κ2) is 3.71. The average molecular weight is 166 g/mol. The second-order valence-electron chi connectivity index (χ2n) is 2.37. The number of carboxylic acid groups (broad SMARTS) is 1. The van der Waals surface area contributed by atoms with E-state index in [4.69, 9.17) is 5.11 Å². The van der Waals surface area contributed by atoms with Crippen LogP contribution < -0.4 is 0 Å². The number of imidazole rings is 1. The molecule has 0 fully saturated rings. The zero-order chi connectivity index (χ0) is 8.97. The molecular formula is C8H10N2O2. The van der Waals surface area contributed by atoms with Crippen LogP contribution >= 0.6 is 0 Å². The fourth-order valence-corrected chi connectivity index (χ4v) is 0.864. The first-order valence-corrected chi connectivity index (χ1v) is 3.57. The van der Waals surface area contributed by atoms with Crippen LogP contribution in [-0.4, -0.2) is 20.6 Å². The molecule has 0 bridgehead atoms. The minimum Gasteiger partial charge on any atom is -0.478 e. The first kappa shape index (κ1) is 8.52. The molecule has 12 heavy (non-hydrogen) atoms. The van der Waals surface area contributed by atoms with E-state index in [1.807, 2.05) is 17.7 Å². The van der Waals surface area contributed by atoms with Gasteiger partial charge in [-0.15, -0.1) is 0 Å². The molecule has 0 aromatic carbocycles. The number of aromatic nitrogens is 2. The van der Waals surface area contributed by atoms with Crippen LogP contribution in [0.5, 0.6) is 0 Å². The van der Waals surface area contributed by atoms with E-state index in [-0.39, 0.29) is 0 Å². The number of rotatable bonds is 3. The van der Waals surface area contributed by atoms with Crippen LogP contribution in [-0.2, 0) is 11.3 Å². The van der Waals surface area contributed by atoms with E-state index >= 15 is 0 Å². The molecule has 0 aliphatic heterocycles. The third kappa shape index (κ3) is 2.23. The van der Waals surface area contributed by atoms with Crippen LogP contribution in [0.25, 0.3) is 0 Å². The number of hydrogen-bond acceptors (Lipinski definition) is 2. The zero-order valence-electron chi connectivity index (χ0n) is 6.77. The number of carboxylic acids is 1. The maximum Gasteiger partial charge on any atom is 0.328 e. The van der Waals surface area contributed by atoms with E-state index in [0.717, 1.165) is 11.9 Å². The van der Waals surface area contributed by atoms with Gasteiger partial charge in [-0.1, -0.05) is 6.08 Å². The highest BCUT2D eigenvalue weighted by molar-refractivity contribution is 5.79. The Balaban J connectivity index is 2.54. The monoisotopic (exact) mass is 166 g/mol. The predicted octanol–water partition coefficient (Wildman–Crippen LogP) is 0.832. The summed E-state index contributed by atoms with van der Waals surface area (Å²) < 4.78 is 1.86. The van der Waals surface area contributed by atoms with E-state index in [1.165, 1.54) is 0 Å². The molecule has 0 saturated heterocycles. The van der Waals surface area contributed by atoms with Crippen molar-refractivity contribution in [1.29, 1.82) is 0 Å². The van der Waals surface area contributed by atoms with Crippen molar-refractivity contribution < 1.29 is 9.90 Å². The summed E-state index contributed by atoms with van der Waals surface area (Å²) in [4.78, 5) is 14.1. The standard InChI is InChI=1S/C8H10N2O2/c1-7-9-4-6-10(7)5-2-3-8(11)12/h2-4,6H,5H2,1H3,(H,11,12)/b3-2+. The molecule has 1 N–H and O–H groups in total. The molecular weight excluding hydrogens is 156 g/mol. The van der Waals surface area contributed by atoms with Crippen LogP contribution in [0.2, 0.25) is 0 Å². The van der Waals surface area contributed by atoms with E-state index in [2.05, 4.69) is 4.98 Å². The summed E-state index contributed by atoms with van der Waals surface area (Å²) in [6.07, 6.45) is 6.20. The van der Waals surface area contributed by atoms with Crippen LogP contribution in [0.15, 0.2) is 24.5 Å². The van der Waals surface area contributed by atoms with Gasteiger partial charge in [0, 0.05) is 25.0 Å². The number of nitrogens with zero attached hydrogens (tertiary/aromatic N) is 2. The molecule has 4 nitrogen and oxygen atoms in total. The number of hydrogen-bond donors (Lipinski definition) is 1. The Bertz CT molecular complexity index is 302. The quantitative estimate of drug-likeness (QED) is 0.677. The third-order valence-corrected chi connectivity index (χ3v) is 1.49. The van der Waals surface area contributed by atoms with Crippen molar-refractivity contribution >= 4 is 5.97 Å². The van der Waals surface area contributed by atoms with Gasteiger partial charge in [0.1, 0.15) is 5.82 Å². The largest absolute Gasteiger partial charge is 0.478 e. The third-order valence-electron chi connectivity index (χ3n) is 1.49. The zero-order valence-corrected chi connectivity index (χ0v) is 6.77. The lowest BCUT2D eigenvalue weighted by atomic mass is 10.5. The summed E-state index contributed by atoms with van der Waals surface area (Å²) in [5, 5.41) is 8.30. The van der Waals surface area contributed by atoms with Crippen LogP contribution in [0.1, 0.15) is 5.82 Å². The summed E-state index contributed by atoms with van der Waals surface area (Å²) in [7, 11) is 0. The van der Waals surface area contributed by atoms with Gasteiger partial charge in [0.15, 0.2) is 0 Å². The van der Waals surface area contributed by atoms with Gasteiger partial charge in [0.2, 0.25) is 0 Å². The van der Waals surface area contributed by atoms with E-state index in [1.54, 1.807) is 12.3 Å². The summed E-state index contributed by atoms with van der Waals surface area (Å²) in [5.74, 6) is -0.0437. The minimum absolute atomic E-state index is 0.554. The normalized spacial score (nSPS) is 10.8. The van der Waals surface area contributed by atoms with E-state index in [9.17, 15) is 4.79 Å². The van der Waals surface area contributed by atoms with Crippen molar-refractivity contribution in [1.82, 2.24) is 9.55 Å². The molecule has 0 saturated carbocycles. The molecule has 1 aromatic rings. The Morgan fingerprint density at radius 3 is 3.08 bits per heavy atom. The van der Waals surface area contributed by atoms with Crippen molar-refractivity contribution in [2.45, 2.75) is 13.5 Å². The SMILES string of the molecule is Cc1nccn1C/C=C/C(=O)O. The predicted molar refractivity (Wildman–Crippen MR) is 43.7 cm³/mol. The van der Waals surface area contributed by atoms with Gasteiger partial charge in [0.05, 0.1) is 0 Å². The Labute approximate surface area is 70.2 Å². The van der Waals surface area contributed by atoms with Crippen molar-refractivity contribution in [3.63, 3.8) is 0 Å². The highest BCUT2D eigenvalue weighted by Gasteiger charge is 1.92. The molecule has 1 aromatic heterocycles. The number of allylic oxidation sites excluding steroid dienone is 1. The van der Waals surface area contributed by atoms with Gasteiger partial charge in [0.25, 0.3) is 0 Å². The Morgan fingerprint density at radius 1 is 1.83 bits per heavy atom. The molecule has 0 atom stereocenters. The van der Waals surface area contributed by atoms with Crippen molar-refractivity contribution in [2.75, 3.05) is 0 Å². The van der Waals surface area contributed by atoms with Gasteiger partial charge in [-0.05, 0) is 6.92 Å². The lowest BCUT2D eigenvalue weighted by Crippen LogP contribution is -1.97. The number of carbonyl (C=O) groups is 1. The van der Waals surface area contributed by atoms with E-state index in [0.29, 0.717) is 6.54 Å². The second-order valence-corrected chi connectivity index (χ2v) is 2.37. The molecule has 64 valence electrons. The molecule has 0 radical (unpaired) electrons. The fraction of sp³-hybridized carbons (Fsp3) is 0.250. The molecule has 1 rings (SSSR count). The van der Waals surface area contributed by atoms with Crippen LogP contribution in [0, 0.1) is 6.92 Å². The van der Waals surface area contributed by atoms with Gasteiger partial charge in [-0.2, -0.15) is 0 Å². The smallest absolute Gasteiger partial charge is 0.328 e. The summed E-state index contributed by atoms with van der Waals surface area (Å²) in [6.45, 7) is 2.42. The summed E-state index contributed by atoms with van der Waals surface area (Å²) in [6, 6.07) is 0. The highest BCUT2D eigenvalue weighted by Crippen LogP contribution is 1.94. The average Bonchev–Trinajstić information content (AvgIpc) is 2.36. The van der Waals surface area contributed by atoms with E-state index < -0.39 is 5.97 Å². The maximum atomic E-state index is 10.1. The first-order chi connectivity index (χ1) is 5.70. The Hall–Kier alpha value is -1.58. The lowest BCUT2D eigenvalue weighted by Gasteiger charge is -1.97. The molecule has 1 heterocycles. The molecule has 0 spiro atoms. The molecule has 0 aliphatic rings. The highest BCUT2D eigenvalue weighted by atomic mass is 16.4. The van der Waals surface area contributed by atoms with Crippen molar-refractivity contribution in [2.24, 2.45) is 0 Å². The molecule has 0 aliphatic carbocycles. The molecule has 0 amide bonds. The van der Waals surface area contributed by atoms with Crippen molar-refractivity contribution in [3.8, 4) is 0 Å². The topological polar surface area (TPSA) is 55.1 Å². The summed E-state index contributed by atoms with van der Waals surface area (Å²) in [5.41, 5.74) is 0. The number of aliphatic carboxylic acids is 1. The van der Waals surface area contributed by atoms with Gasteiger partial charge >= 0.3 is 5.97 Å². The molecule has 4 heteroatoms. The summed E-state index contributed by atoms with van der Waals surface area (Å²) >= 11 is 0. The maximum absolute atomic E-state index is 10.1. The first-order valence-electron chi connectivity index (χ1n) is 3.57.